The van der Waals surface area contributed by atoms with E-state index in [4.69, 9.17) is 4.74 Å². The first kappa shape index (κ1) is 8.87. The maximum Gasteiger partial charge on any atom is 0.238 e. The summed E-state index contributed by atoms with van der Waals surface area (Å²) < 4.78 is 5.56. The number of H-pyrrole nitrogens is 1. The van der Waals surface area contributed by atoms with Gasteiger partial charge >= 0.3 is 0 Å². The third-order valence-corrected chi connectivity index (χ3v) is 1.90. The summed E-state index contributed by atoms with van der Waals surface area (Å²) in [5, 5.41) is 16.5. The predicted octanol–water partition coefficient (Wildman–Crippen LogP) is 2.06. The standard InChI is InChI=1S/C10H12N2O2/c1-6(2)14-8-5-3-4-7-9(8)11-12-10(7)13/h3-6H,1-2H3,(H2,11,12,13). The van der Waals surface area contributed by atoms with Crippen LogP contribution in [0.15, 0.2) is 18.2 Å². The van der Waals surface area contributed by atoms with E-state index in [0.29, 0.717) is 11.1 Å². The molecule has 1 aromatic carbocycles. The molecule has 2 aromatic rings. The first-order valence-corrected chi connectivity index (χ1v) is 4.51. The predicted molar refractivity (Wildman–Crippen MR) is 53.5 cm³/mol. The molecule has 0 unspecified atom stereocenters. The minimum absolute atomic E-state index is 0.00852. The lowest BCUT2D eigenvalue weighted by atomic mass is 10.2. The van der Waals surface area contributed by atoms with E-state index in [-0.39, 0.29) is 12.0 Å². The molecule has 0 saturated heterocycles. The van der Waals surface area contributed by atoms with Gasteiger partial charge in [0.15, 0.2) is 0 Å². The number of para-hydroxylation sites is 1. The number of aromatic amines is 1. The van der Waals surface area contributed by atoms with Gasteiger partial charge in [0.25, 0.3) is 0 Å². The molecule has 2 rings (SSSR count). The van der Waals surface area contributed by atoms with Crippen molar-refractivity contribution in [1.29, 1.82) is 0 Å². The number of aromatic hydroxyl groups is 1. The van der Waals surface area contributed by atoms with Crippen molar-refractivity contribution in [2.24, 2.45) is 0 Å². The zero-order chi connectivity index (χ0) is 10.1. The topological polar surface area (TPSA) is 58.1 Å². The molecular weight excluding hydrogens is 180 g/mol. The van der Waals surface area contributed by atoms with Gasteiger partial charge in [-0.05, 0) is 26.0 Å². The van der Waals surface area contributed by atoms with Crippen molar-refractivity contribution in [2.45, 2.75) is 20.0 Å². The van der Waals surface area contributed by atoms with Crippen LogP contribution in [0.5, 0.6) is 11.6 Å². The second kappa shape index (κ2) is 3.21. The maximum absolute atomic E-state index is 9.37. The highest BCUT2D eigenvalue weighted by atomic mass is 16.5. The molecule has 0 bridgehead atoms. The van der Waals surface area contributed by atoms with Gasteiger partial charge in [-0.25, -0.2) is 0 Å². The molecule has 74 valence electrons. The van der Waals surface area contributed by atoms with Crippen LogP contribution in [-0.2, 0) is 0 Å². The van der Waals surface area contributed by atoms with Gasteiger partial charge in [0.1, 0.15) is 11.3 Å². The molecule has 0 fully saturated rings. The van der Waals surface area contributed by atoms with Crippen molar-refractivity contribution < 1.29 is 9.84 Å². The number of aromatic nitrogens is 2. The van der Waals surface area contributed by atoms with E-state index in [9.17, 15) is 5.11 Å². The molecule has 2 N–H and O–H groups in total. The van der Waals surface area contributed by atoms with Crippen LogP contribution in [0.3, 0.4) is 0 Å². The van der Waals surface area contributed by atoms with E-state index >= 15 is 0 Å². The van der Waals surface area contributed by atoms with E-state index in [1.165, 1.54) is 0 Å². The number of hydrogen-bond donors (Lipinski definition) is 2. The third kappa shape index (κ3) is 1.39. The Morgan fingerprint density at radius 3 is 2.93 bits per heavy atom. The smallest absolute Gasteiger partial charge is 0.238 e. The lowest BCUT2D eigenvalue weighted by molar-refractivity contribution is 0.245. The van der Waals surface area contributed by atoms with E-state index in [1.807, 2.05) is 26.0 Å². The van der Waals surface area contributed by atoms with Crippen molar-refractivity contribution in [3.05, 3.63) is 18.2 Å². The second-order valence-corrected chi connectivity index (χ2v) is 3.39. The fraction of sp³-hybridized carbons (Fsp3) is 0.300. The van der Waals surface area contributed by atoms with Gasteiger partial charge < -0.3 is 9.84 Å². The summed E-state index contributed by atoms with van der Waals surface area (Å²) in [5.41, 5.74) is 0.735. The fourth-order valence-electron chi connectivity index (χ4n) is 1.35. The van der Waals surface area contributed by atoms with Crippen molar-refractivity contribution in [1.82, 2.24) is 10.2 Å². The van der Waals surface area contributed by atoms with E-state index in [1.54, 1.807) is 6.07 Å². The van der Waals surface area contributed by atoms with Gasteiger partial charge in [-0.2, -0.15) is 0 Å². The van der Waals surface area contributed by atoms with Crippen LogP contribution in [0.4, 0.5) is 0 Å². The highest BCUT2D eigenvalue weighted by molar-refractivity contribution is 5.88. The molecule has 0 saturated carbocycles. The Hall–Kier alpha value is -1.71. The van der Waals surface area contributed by atoms with Crippen LogP contribution in [0.1, 0.15) is 13.8 Å². The van der Waals surface area contributed by atoms with E-state index in [0.717, 1.165) is 5.52 Å². The number of hydrogen-bond acceptors (Lipinski definition) is 3. The second-order valence-electron chi connectivity index (χ2n) is 3.39. The Morgan fingerprint density at radius 1 is 1.43 bits per heavy atom. The average Bonchev–Trinajstić information content (AvgIpc) is 2.49. The van der Waals surface area contributed by atoms with Crippen molar-refractivity contribution in [3.63, 3.8) is 0 Å². The summed E-state index contributed by atoms with van der Waals surface area (Å²) in [6, 6.07) is 5.47. The summed E-state index contributed by atoms with van der Waals surface area (Å²) >= 11 is 0. The monoisotopic (exact) mass is 192 g/mol. The first-order valence-electron chi connectivity index (χ1n) is 4.51. The van der Waals surface area contributed by atoms with E-state index < -0.39 is 0 Å². The van der Waals surface area contributed by atoms with Crippen LogP contribution in [0, 0.1) is 0 Å². The molecule has 0 aliphatic heterocycles. The average molecular weight is 192 g/mol. The normalized spacial score (nSPS) is 11.1. The molecule has 4 heteroatoms. The fourth-order valence-corrected chi connectivity index (χ4v) is 1.35. The summed E-state index contributed by atoms with van der Waals surface area (Å²) in [7, 11) is 0. The number of fused-ring (bicyclic) bond motifs is 1. The lowest BCUT2D eigenvalue weighted by Gasteiger charge is -2.09. The number of nitrogens with zero attached hydrogens (tertiary/aromatic N) is 1. The summed E-state index contributed by atoms with van der Waals surface area (Å²) in [4.78, 5) is 0. The Bertz CT molecular complexity index is 448. The SMILES string of the molecule is CC(C)Oc1cccc2c(O)n[nH]c12. The van der Waals surface area contributed by atoms with Crippen LogP contribution in [0.25, 0.3) is 10.9 Å². The molecule has 1 heterocycles. The van der Waals surface area contributed by atoms with Gasteiger partial charge in [0.2, 0.25) is 5.88 Å². The minimum atomic E-state index is 0.00852. The molecule has 0 atom stereocenters. The van der Waals surface area contributed by atoms with Gasteiger partial charge in [0.05, 0.1) is 11.5 Å². The molecule has 0 radical (unpaired) electrons. The van der Waals surface area contributed by atoms with Crippen molar-refractivity contribution >= 4 is 10.9 Å². The van der Waals surface area contributed by atoms with Crippen LogP contribution < -0.4 is 4.74 Å². The minimum Gasteiger partial charge on any atom is -0.492 e. The summed E-state index contributed by atoms with van der Waals surface area (Å²) in [6.45, 7) is 3.91. The van der Waals surface area contributed by atoms with Crippen molar-refractivity contribution in [2.75, 3.05) is 0 Å². The Morgan fingerprint density at radius 2 is 2.21 bits per heavy atom. The quantitative estimate of drug-likeness (QED) is 0.765. The molecule has 0 aliphatic rings. The molecule has 0 spiro atoms. The lowest BCUT2D eigenvalue weighted by Crippen LogP contribution is -2.05. The Balaban J connectivity index is 2.54. The van der Waals surface area contributed by atoms with Crippen molar-refractivity contribution in [3.8, 4) is 11.6 Å². The zero-order valence-corrected chi connectivity index (χ0v) is 8.11. The first-order chi connectivity index (χ1) is 6.68. The van der Waals surface area contributed by atoms with Gasteiger partial charge in [-0.1, -0.05) is 6.07 Å². The summed E-state index contributed by atoms with van der Waals surface area (Å²) in [6.07, 6.45) is 0.103. The largest absolute Gasteiger partial charge is 0.492 e. The Kier molecular flexibility index (Phi) is 2.04. The molecular formula is C10H12N2O2. The highest BCUT2D eigenvalue weighted by Gasteiger charge is 2.09. The number of rotatable bonds is 2. The molecule has 4 nitrogen and oxygen atoms in total. The molecule has 0 aliphatic carbocycles. The van der Waals surface area contributed by atoms with Crippen LogP contribution in [0.2, 0.25) is 0 Å². The number of nitrogens with one attached hydrogen (secondary N) is 1. The highest BCUT2D eigenvalue weighted by Crippen LogP contribution is 2.29. The number of benzene rings is 1. The van der Waals surface area contributed by atoms with Gasteiger partial charge in [-0.3, -0.25) is 5.10 Å². The number of ether oxygens (including phenoxy) is 1. The Labute approximate surface area is 81.5 Å². The summed E-state index contributed by atoms with van der Waals surface area (Å²) in [5.74, 6) is 0.722. The maximum atomic E-state index is 9.37. The molecule has 14 heavy (non-hydrogen) atoms. The zero-order valence-electron chi connectivity index (χ0n) is 8.11. The molecule has 0 amide bonds. The van der Waals surface area contributed by atoms with Crippen LogP contribution >= 0.6 is 0 Å². The molecule has 1 aromatic heterocycles. The third-order valence-electron chi connectivity index (χ3n) is 1.90. The van der Waals surface area contributed by atoms with Crippen LogP contribution in [-0.4, -0.2) is 21.4 Å². The van der Waals surface area contributed by atoms with E-state index in [2.05, 4.69) is 10.2 Å². The van der Waals surface area contributed by atoms with Gasteiger partial charge in [0, 0.05) is 0 Å². The van der Waals surface area contributed by atoms with Gasteiger partial charge in [-0.15, -0.1) is 5.10 Å².